The van der Waals surface area contributed by atoms with Gasteiger partial charge in [0.2, 0.25) is 0 Å². The molecule has 0 aromatic rings. The Balaban J connectivity index is -0.000000320. The summed E-state index contributed by atoms with van der Waals surface area (Å²) in [4.78, 5) is 0. The van der Waals surface area contributed by atoms with Gasteiger partial charge in [-0.1, -0.05) is 0 Å². The van der Waals surface area contributed by atoms with Crippen LogP contribution in [0.5, 0.6) is 0 Å². The summed E-state index contributed by atoms with van der Waals surface area (Å²) in [6.07, 6.45) is 0. The van der Waals surface area contributed by atoms with E-state index in [9.17, 15) is 23.5 Å². The molecule has 8 nitrogen and oxygen atoms in total. The predicted molar refractivity (Wildman–Crippen MR) is 13.2 cm³/mol. The summed E-state index contributed by atoms with van der Waals surface area (Å²) in [6, 6.07) is 0. The Bertz CT molecular complexity index is 237. The van der Waals surface area contributed by atoms with Gasteiger partial charge >= 0.3 is 79.8 Å². The number of hydrogen-bond donors (Lipinski definition) is 0. The summed E-state index contributed by atoms with van der Waals surface area (Å²) in [5.74, 6) is 0. The molecule has 0 rings (SSSR count). The summed E-state index contributed by atoms with van der Waals surface area (Å²) in [6.45, 7) is 0. The van der Waals surface area contributed by atoms with Crippen molar-refractivity contribution in [2.24, 2.45) is 0 Å². The first kappa shape index (κ1) is 17.9. The van der Waals surface area contributed by atoms with Crippen molar-refractivity contribution in [2.45, 2.75) is 0 Å². The average Bonchev–Trinajstić information content (AvgIpc) is 1.14. The Hall–Kier alpha value is 0.988. The van der Waals surface area contributed by atoms with Gasteiger partial charge in [0.05, 0.1) is 0 Å². The molecule has 0 aliphatic heterocycles. The van der Waals surface area contributed by atoms with Crippen LogP contribution in [0.3, 0.4) is 0 Å². The fourth-order valence-electron chi connectivity index (χ4n) is 0.102. The molecule has 0 aliphatic carbocycles. The first-order valence-corrected chi connectivity index (χ1v) is 5.50. The van der Waals surface area contributed by atoms with Gasteiger partial charge in [-0.3, -0.25) is 0 Å². The van der Waals surface area contributed by atoms with Crippen molar-refractivity contribution < 1.29 is 59.1 Å². The molecule has 66 valence electrons. The Labute approximate surface area is 84.8 Å². The summed E-state index contributed by atoms with van der Waals surface area (Å²) in [7, 11) is 0. The quantitative estimate of drug-likeness (QED) is 0.393. The molecular weight excluding hydrogens is 441 g/mol. The van der Waals surface area contributed by atoms with Crippen LogP contribution in [0.1, 0.15) is 0 Å². The monoisotopic (exact) mass is 443 g/mol. The molecule has 0 heterocycles. The SMILES string of the molecule is O.[Bi+3].[O]=[Cr](=[O])([O-])[O][Cr](=[O])(=[O])[O-]. The standard InChI is InChI=1S/Bi.2Cr.H2O.7O/h;;;1H2;;;;;;;/q+3;;;;;;;;;2*-1. The minimum absolute atomic E-state index is 0. The van der Waals surface area contributed by atoms with Gasteiger partial charge in [0.1, 0.15) is 0 Å². The van der Waals surface area contributed by atoms with Crippen LogP contribution in [0.15, 0.2) is 0 Å². The molecule has 0 spiro atoms. The van der Waals surface area contributed by atoms with Crippen LogP contribution in [0, 0.1) is 0 Å². The normalized spacial score (nSPS) is 11.1. The van der Waals surface area contributed by atoms with E-state index < -0.39 is 27.2 Å². The van der Waals surface area contributed by atoms with Crippen molar-refractivity contribution in [3.05, 3.63) is 0 Å². The molecule has 0 saturated carbocycles. The van der Waals surface area contributed by atoms with Crippen LogP contribution >= 0.6 is 0 Å². The Morgan fingerprint density at radius 1 is 0.909 bits per heavy atom. The van der Waals surface area contributed by atoms with E-state index >= 15 is 0 Å². The molecule has 0 amide bonds. The van der Waals surface area contributed by atoms with Crippen LogP contribution in [-0.4, -0.2) is 31.7 Å². The zero-order valence-corrected chi connectivity index (χ0v) is 10.6. The van der Waals surface area contributed by atoms with Gasteiger partial charge in [0.25, 0.3) is 0 Å². The van der Waals surface area contributed by atoms with Crippen molar-refractivity contribution in [1.29, 1.82) is 0 Å². The van der Waals surface area contributed by atoms with E-state index in [0.29, 0.717) is 0 Å². The molecule has 11 heavy (non-hydrogen) atoms. The first-order valence-electron chi connectivity index (χ1n) is 1.33. The summed E-state index contributed by atoms with van der Waals surface area (Å²) >= 11 is -12.1. The van der Waals surface area contributed by atoms with Crippen molar-refractivity contribution in [3.8, 4) is 0 Å². The zero-order chi connectivity index (χ0) is 7.71. The van der Waals surface area contributed by atoms with E-state index in [0.717, 1.165) is 0 Å². The van der Waals surface area contributed by atoms with Gasteiger partial charge in [0, 0.05) is 0 Å². The fraction of sp³-hybridized carbons (Fsp3) is 0. The van der Waals surface area contributed by atoms with E-state index in [1.807, 2.05) is 0 Å². The summed E-state index contributed by atoms with van der Waals surface area (Å²) in [5.41, 5.74) is 0. The van der Waals surface area contributed by atoms with Crippen molar-refractivity contribution in [3.63, 3.8) is 0 Å². The van der Waals surface area contributed by atoms with Crippen LogP contribution in [-0.2, 0) is 45.3 Å². The number of rotatable bonds is 2. The van der Waals surface area contributed by atoms with Gasteiger partial charge in [-0.25, -0.2) is 0 Å². The van der Waals surface area contributed by atoms with E-state index in [1.165, 1.54) is 0 Å². The third kappa shape index (κ3) is 18.2. The molecule has 0 unspecified atom stereocenters. The van der Waals surface area contributed by atoms with E-state index in [-0.39, 0.29) is 31.7 Å². The summed E-state index contributed by atoms with van der Waals surface area (Å²) in [5, 5.41) is 0. The van der Waals surface area contributed by atoms with Crippen LogP contribution in [0.25, 0.3) is 0 Å². The third-order valence-electron chi connectivity index (χ3n) is 0.167. The van der Waals surface area contributed by atoms with Gasteiger partial charge in [-0.15, -0.1) is 0 Å². The molecule has 0 bridgehead atoms. The van der Waals surface area contributed by atoms with Gasteiger partial charge in [0.15, 0.2) is 0 Å². The van der Waals surface area contributed by atoms with Gasteiger partial charge in [-0.05, 0) is 0 Å². The molecule has 11 heteroatoms. The fourth-order valence-corrected chi connectivity index (χ4v) is 1.74. The molecule has 2 radical (unpaired) electrons. The Morgan fingerprint density at radius 3 is 1.09 bits per heavy atom. The van der Waals surface area contributed by atoms with Crippen LogP contribution in [0.2, 0.25) is 0 Å². The average molecular weight is 443 g/mol. The third-order valence-corrected chi connectivity index (χ3v) is 2.83. The van der Waals surface area contributed by atoms with Crippen LogP contribution < -0.4 is 8.32 Å². The maximum absolute atomic E-state index is 9.38. The van der Waals surface area contributed by atoms with Gasteiger partial charge in [-0.2, -0.15) is 0 Å². The Morgan fingerprint density at radius 2 is 1.09 bits per heavy atom. The van der Waals surface area contributed by atoms with Crippen molar-refractivity contribution >= 4 is 26.2 Å². The molecule has 0 aromatic heterocycles. The van der Waals surface area contributed by atoms with Crippen molar-refractivity contribution in [1.82, 2.24) is 0 Å². The summed E-state index contributed by atoms with van der Waals surface area (Å²) < 4.78 is 58.9. The topological polar surface area (TPSA) is 155 Å². The zero-order valence-electron chi connectivity index (χ0n) is 4.62. The van der Waals surface area contributed by atoms with E-state index in [2.05, 4.69) is 2.84 Å². The van der Waals surface area contributed by atoms with Crippen LogP contribution in [0.4, 0.5) is 0 Å². The van der Waals surface area contributed by atoms with E-state index in [4.69, 9.17) is 0 Å². The molecule has 0 atom stereocenters. The second-order valence-electron chi connectivity index (χ2n) is 0.885. The number of hydrogen-bond acceptors (Lipinski definition) is 7. The molecule has 0 fully saturated rings. The molecular formula is H2BiCr2O8+. The maximum atomic E-state index is 9.38. The first-order chi connectivity index (χ1) is 3.71. The molecule has 0 saturated heterocycles. The second kappa shape index (κ2) is 5.60. The Kier molecular flexibility index (Phi) is 9.13. The van der Waals surface area contributed by atoms with Gasteiger partial charge < -0.3 is 5.48 Å². The molecule has 2 N–H and O–H groups in total. The van der Waals surface area contributed by atoms with Crippen molar-refractivity contribution in [2.75, 3.05) is 0 Å². The minimum atomic E-state index is -6.07. The molecule has 0 aliphatic rings. The predicted octanol–water partition coefficient (Wildman–Crippen LogP) is -4.13. The second-order valence-corrected chi connectivity index (χ2v) is 4.52. The molecule has 0 aromatic carbocycles. The van der Waals surface area contributed by atoms with E-state index in [1.54, 1.807) is 0 Å².